The van der Waals surface area contributed by atoms with Crippen LogP contribution >= 0.6 is 7.82 Å². The summed E-state index contributed by atoms with van der Waals surface area (Å²) >= 11 is 0. The Labute approximate surface area is 574 Å². The van der Waals surface area contributed by atoms with Gasteiger partial charge in [0.2, 0.25) is 0 Å². The lowest BCUT2D eigenvalue weighted by Crippen LogP contribution is -2.69. The van der Waals surface area contributed by atoms with E-state index in [-0.39, 0.29) is 19.3 Å². The van der Waals surface area contributed by atoms with Crippen molar-refractivity contribution in [3.05, 3.63) is 0 Å². The summed E-state index contributed by atoms with van der Waals surface area (Å²) in [6, 6.07) is 0. The second-order valence-corrected chi connectivity index (χ2v) is 28.8. The monoisotopic (exact) mass is 1400 g/mol. The number of carbonyl (C=O) groups excluding carboxylic acids is 3. The molecular formula is C71H133O24P. The normalized spacial score (nSPS) is 27.9. The second kappa shape index (κ2) is 53.7. The Hall–Kier alpha value is -2.04. The van der Waals surface area contributed by atoms with Gasteiger partial charge >= 0.3 is 25.7 Å². The van der Waals surface area contributed by atoms with Crippen molar-refractivity contribution in [1.82, 2.24) is 0 Å². The molecule has 3 rings (SSSR count). The Balaban J connectivity index is 1.73. The largest absolute Gasteiger partial charge is 0.472 e. The molecular weight excluding hydrogens is 1270 g/mol. The fourth-order valence-electron chi connectivity index (χ4n) is 12.7. The number of aliphatic hydroxyl groups is 10. The van der Waals surface area contributed by atoms with Gasteiger partial charge in [-0.3, -0.25) is 23.4 Å². The van der Waals surface area contributed by atoms with Crippen molar-refractivity contribution in [3.63, 3.8) is 0 Å². The van der Waals surface area contributed by atoms with Crippen LogP contribution in [0, 0.1) is 0 Å². The molecule has 18 atom stereocenters. The number of phosphoric ester groups is 1. The first-order valence-electron chi connectivity index (χ1n) is 37.8. The maximum Gasteiger partial charge on any atom is 0.472 e. The Bertz CT molecular complexity index is 1990. The van der Waals surface area contributed by atoms with Crippen molar-refractivity contribution < 1.29 is 117 Å². The summed E-state index contributed by atoms with van der Waals surface area (Å²) in [4.78, 5) is 50.9. The number of unbranched alkanes of at least 4 members (excludes halogenated alkanes) is 38. The van der Waals surface area contributed by atoms with Crippen LogP contribution in [0.4, 0.5) is 0 Å². The van der Waals surface area contributed by atoms with E-state index in [0.29, 0.717) is 19.3 Å². The fourth-order valence-corrected chi connectivity index (χ4v) is 13.7. The number of hydrogen-bond donors (Lipinski definition) is 11. The zero-order valence-corrected chi connectivity index (χ0v) is 59.8. The van der Waals surface area contributed by atoms with Gasteiger partial charge in [0.1, 0.15) is 98.7 Å². The molecule has 2 aliphatic heterocycles. The van der Waals surface area contributed by atoms with E-state index in [1.165, 1.54) is 154 Å². The van der Waals surface area contributed by atoms with Crippen molar-refractivity contribution in [2.24, 2.45) is 0 Å². The highest BCUT2D eigenvalue weighted by Crippen LogP contribution is 2.49. The quantitative estimate of drug-likeness (QED) is 0.0117. The van der Waals surface area contributed by atoms with Gasteiger partial charge in [-0.2, -0.15) is 0 Å². The van der Waals surface area contributed by atoms with E-state index >= 15 is 0 Å². The maximum absolute atomic E-state index is 14.3. The van der Waals surface area contributed by atoms with E-state index in [1.807, 2.05) is 0 Å². The van der Waals surface area contributed by atoms with Gasteiger partial charge < -0.3 is 89.1 Å². The van der Waals surface area contributed by atoms with E-state index in [1.54, 1.807) is 0 Å². The van der Waals surface area contributed by atoms with Crippen molar-refractivity contribution in [3.8, 4) is 0 Å². The fraction of sp³-hybridized carbons (Fsp3) is 0.958. The molecule has 0 bridgehead atoms. The molecule has 2 saturated heterocycles. The van der Waals surface area contributed by atoms with Gasteiger partial charge in [-0.05, 0) is 19.3 Å². The van der Waals surface area contributed by atoms with Gasteiger partial charge in [0.05, 0.1) is 13.2 Å². The first-order chi connectivity index (χ1) is 46.3. The Morgan fingerprint density at radius 2 is 0.667 bits per heavy atom. The van der Waals surface area contributed by atoms with Crippen molar-refractivity contribution >= 4 is 25.7 Å². The summed E-state index contributed by atoms with van der Waals surface area (Å²) in [6.45, 7) is 3.46. The van der Waals surface area contributed by atoms with E-state index in [0.717, 1.165) is 89.9 Å². The van der Waals surface area contributed by atoms with Crippen LogP contribution in [0.5, 0.6) is 0 Å². The molecule has 2 heterocycles. The van der Waals surface area contributed by atoms with Crippen LogP contribution in [0.1, 0.15) is 303 Å². The van der Waals surface area contributed by atoms with Crippen LogP contribution in [0.3, 0.4) is 0 Å². The van der Waals surface area contributed by atoms with Crippen molar-refractivity contribution in [1.29, 1.82) is 0 Å². The first-order valence-corrected chi connectivity index (χ1v) is 39.3. The van der Waals surface area contributed by atoms with E-state index in [4.69, 9.17) is 42.2 Å². The number of hydrogen-bond acceptors (Lipinski definition) is 23. The minimum Gasteiger partial charge on any atom is -0.463 e. The minimum atomic E-state index is -5.69. The molecule has 0 aromatic heterocycles. The van der Waals surface area contributed by atoms with Crippen molar-refractivity contribution in [2.45, 2.75) is 407 Å². The zero-order valence-electron chi connectivity index (χ0n) is 58.9. The molecule has 96 heavy (non-hydrogen) atoms. The third kappa shape index (κ3) is 36.7. The van der Waals surface area contributed by atoms with Crippen LogP contribution in [0.2, 0.25) is 0 Å². The number of phosphoric acid groups is 1. The smallest absolute Gasteiger partial charge is 0.463 e. The molecule has 25 heteroatoms. The summed E-state index contributed by atoms with van der Waals surface area (Å²) in [5.41, 5.74) is 0. The predicted molar refractivity (Wildman–Crippen MR) is 361 cm³/mol. The molecule has 3 fully saturated rings. The van der Waals surface area contributed by atoms with Crippen LogP contribution in [0.15, 0.2) is 0 Å². The minimum absolute atomic E-state index is 0.0334. The van der Waals surface area contributed by atoms with Gasteiger partial charge in [-0.1, -0.05) is 265 Å². The highest BCUT2D eigenvalue weighted by atomic mass is 31.2. The third-order valence-corrected chi connectivity index (χ3v) is 19.9. The number of esters is 3. The number of carbonyl (C=O) groups is 3. The molecule has 1 aliphatic carbocycles. The maximum atomic E-state index is 14.3. The summed E-state index contributed by atoms with van der Waals surface area (Å²) in [6.07, 6.45) is 10.3. The zero-order chi connectivity index (χ0) is 70.4. The molecule has 0 aromatic rings. The lowest BCUT2D eigenvalue weighted by molar-refractivity contribution is -0.360. The lowest BCUT2D eigenvalue weighted by Gasteiger charge is -2.49. The van der Waals surface area contributed by atoms with Crippen LogP contribution in [0.25, 0.3) is 0 Å². The topological polar surface area (TPSA) is 374 Å². The van der Waals surface area contributed by atoms with Crippen LogP contribution in [-0.2, 0) is 61.2 Å². The molecule has 24 nitrogen and oxygen atoms in total. The van der Waals surface area contributed by atoms with E-state index in [9.17, 15) is 74.9 Å². The Morgan fingerprint density at radius 1 is 0.365 bits per heavy atom. The molecule has 0 aromatic carbocycles. The van der Waals surface area contributed by atoms with Crippen LogP contribution < -0.4 is 0 Å². The van der Waals surface area contributed by atoms with Gasteiger partial charge in [0.15, 0.2) is 18.7 Å². The Kier molecular flexibility index (Phi) is 49.4. The number of rotatable bonds is 59. The SMILES string of the molecule is CCCCCCCCCCCCCCCCCC(=O)OCC1OC(OC2C(O)C(O)C(O)C(OC3OC(CO)C(O)C(O)C3O)C2OP(=O)(O)OCC(COC(=O)CCCCCCCCCCCCCCC)OC(=O)CCCCCCCCCCCCCCC)C(O)C(O)C1O. The van der Waals surface area contributed by atoms with E-state index in [2.05, 4.69) is 20.8 Å². The molecule has 18 unspecified atom stereocenters. The van der Waals surface area contributed by atoms with Crippen molar-refractivity contribution in [2.75, 3.05) is 26.4 Å². The highest BCUT2D eigenvalue weighted by molar-refractivity contribution is 7.47. The Morgan fingerprint density at radius 3 is 1.02 bits per heavy atom. The predicted octanol–water partition coefficient (Wildman–Crippen LogP) is 10.2. The summed E-state index contributed by atoms with van der Waals surface area (Å²) in [7, 11) is -5.69. The second-order valence-electron chi connectivity index (χ2n) is 27.4. The van der Waals surface area contributed by atoms with Gasteiger partial charge in [0.25, 0.3) is 0 Å². The molecule has 0 spiro atoms. The molecule has 11 N–H and O–H groups in total. The summed E-state index contributed by atoms with van der Waals surface area (Å²) < 4.78 is 65.0. The first kappa shape index (κ1) is 88.2. The highest BCUT2D eigenvalue weighted by Gasteiger charge is 2.58. The molecule has 1 saturated carbocycles. The summed E-state index contributed by atoms with van der Waals surface area (Å²) in [5, 5.41) is 110. The molecule has 0 amide bonds. The average Bonchev–Trinajstić information content (AvgIpc) is 1.08. The van der Waals surface area contributed by atoms with E-state index < -0.39 is 156 Å². The third-order valence-electron chi connectivity index (χ3n) is 18.9. The molecule has 566 valence electrons. The number of aliphatic hydroxyl groups excluding tert-OH is 10. The van der Waals surface area contributed by atoms with Crippen LogP contribution in [-0.4, -0.2) is 204 Å². The summed E-state index contributed by atoms with van der Waals surface area (Å²) in [5.74, 6) is -1.97. The molecule has 3 aliphatic rings. The standard InChI is InChI=1S/C71H133O24P/c1-4-7-10-13-16-19-22-25-26-29-31-34-37-40-43-46-56(74)88-51-54-59(77)61(79)66(84)71(92-54)94-68-64(82)62(80)63(81)67(93-70-65(83)60(78)58(76)53(48-72)91-70)69(68)95-96(85,86)89-50-52(90-57(75)47-44-41-38-35-32-28-24-21-18-15-12-9-6-3)49-87-55(73)45-42-39-36-33-30-27-23-20-17-14-11-8-5-2/h52-54,58-72,76-84H,4-51H2,1-3H3,(H,85,86). The molecule has 0 radical (unpaired) electrons. The number of ether oxygens (including phenoxy) is 7. The van der Waals surface area contributed by atoms with Gasteiger partial charge in [-0.15, -0.1) is 0 Å². The lowest BCUT2D eigenvalue weighted by atomic mass is 9.84. The van der Waals surface area contributed by atoms with Gasteiger partial charge in [0, 0.05) is 19.3 Å². The van der Waals surface area contributed by atoms with Gasteiger partial charge in [-0.25, -0.2) is 4.57 Å². The average molecular weight is 1400 g/mol.